The Morgan fingerprint density at radius 3 is 2.19 bits per heavy atom. The van der Waals surface area contributed by atoms with Crippen molar-refractivity contribution in [2.24, 2.45) is 9.98 Å². The molecule has 0 saturated heterocycles. The molecule has 3 aromatic rings. The number of nitrogens with one attached hydrogen (secondary N) is 1. The van der Waals surface area contributed by atoms with Crippen LogP contribution in [-0.4, -0.2) is 35.0 Å². The van der Waals surface area contributed by atoms with E-state index in [4.69, 9.17) is 14.7 Å². The summed E-state index contributed by atoms with van der Waals surface area (Å²) in [6.07, 6.45) is 0.544. The lowest BCUT2D eigenvalue weighted by molar-refractivity contribution is -0.113. The van der Waals surface area contributed by atoms with Gasteiger partial charge in [0.05, 0.1) is 40.1 Å². The SMILES string of the molecule is CCOC(=O)c1ccc(NC(=O)CSC2=Nc3cc(C)c(C)cc3N=C(c3ccc(C)cc3)C2)cc1. The zero-order chi connectivity index (χ0) is 25.7. The number of aliphatic imine (C=N–C) groups is 2. The molecule has 0 saturated carbocycles. The van der Waals surface area contributed by atoms with Gasteiger partial charge in [-0.1, -0.05) is 29.8 Å². The maximum atomic E-state index is 12.7. The Balaban J connectivity index is 1.49. The number of rotatable bonds is 6. The Kier molecular flexibility index (Phi) is 8.00. The van der Waals surface area contributed by atoms with Gasteiger partial charge in [-0.05, 0) is 80.8 Å². The number of hydrogen-bond donors (Lipinski definition) is 1. The number of aryl methyl sites for hydroxylation is 3. The van der Waals surface area contributed by atoms with Crippen molar-refractivity contribution in [3.63, 3.8) is 0 Å². The first-order chi connectivity index (χ1) is 17.3. The van der Waals surface area contributed by atoms with Crippen molar-refractivity contribution < 1.29 is 14.3 Å². The predicted octanol–water partition coefficient (Wildman–Crippen LogP) is 6.71. The molecule has 6 nitrogen and oxygen atoms in total. The highest BCUT2D eigenvalue weighted by Crippen LogP contribution is 2.36. The molecule has 0 unspecified atom stereocenters. The Hall–Kier alpha value is -3.71. The number of carbonyl (C=O) groups excluding carboxylic acids is 2. The van der Waals surface area contributed by atoms with Crippen LogP contribution in [0.15, 0.2) is 70.6 Å². The van der Waals surface area contributed by atoms with Crippen LogP contribution in [0.3, 0.4) is 0 Å². The number of carbonyl (C=O) groups is 2. The van der Waals surface area contributed by atoms with Gasteiger partial charge in [-0.2, -0.15) is 0 Å². The van der Waals surface area contributed by atoms with Crippen LogP contribution in [0.25, 0.3) is 0 Å². The lowest BCUT2D eigenvalue weighted by Gasteiger charge is -2.09. The molecule has 1 amide bonds. The molecule has 1 aliphatic rings. The van der Waals surface area contributed by atoms with Gasteiger partial charge in [0.2, 0.25) is 5.91 Å². The molecule has 4 rings (SSSR count). The molecule has 0 radical (unpaired) electrons. The van der Waals surface area contributed by atoms with Gasteiger partial charge in [0.1, 0.15) is 0 Å². The first kappa shape index (κ1) is 25.4. The van der Waals surface area contributed by atoms with E-state index < -0.39 is 0 Å². The molecule has 0 fully saturated rings. The van der Waals surface area contributed by atoms with Crippen LogP contribution in [0.4, 0.5) is 17.1 Å². The minimum atomic E-state index is -0.380. The quantitative estimate of drug-likeness (QED) is 0.382. The molecule has 184 valence electrons. The summed E-state index contributed by atoms with van der Waals surface area (Å²) in [5.41, 5.74) is 8.21. The summed E-state index contributed by atoms with van der Waals surface area (Å²) in [5, 5.41) is 3.72. The van der Waals surface area contributed by atoms with E-state index in [9.17, 15) is 9.59 Å². The second-order valence-corrected chi connectivity index (χ2v) is 9.72. The fourth-order valence-electron chi connectivity index (χ4n) is 3.71. The van der Waals surface area contributed by atoms with Crippen molar-refractivity contribution in [3.8, 4) is 0 Å². The smallest absolute Gasteiger partial charge is 0.338 e. The maximum Gasteiger partial charge on any atom is 0.338 e. The van der Waals surface area contributed by atoms with Gasteiger partial charge in [0.15, 0.2) is 0 Å². The average molecular weight is 500 g/mol. The van der Waals surface area contributed by atoms with E-state index in [-0.39, 0.29) is 17.6 Å². The van der Waals surface area contributed by atoms with Crippen molar-refractivity contribution in [1.82, 2.24) is 0 Å². The topological polar surface area (TPSA) is 80.1 Å². The lowest BCUT2D eigenvalue weighted by atomic mass is 10.1. The van der Waals surface area contributed by atoms with Gasteiger partial charge >= 0.3 is 5.97 Å². The Labute approximate surface area is 215 Å². The molecule has 0 aromatic heterocycles. The van der Waals surface area contributed by atoms with Crippen LogP contribution in [0, 0.1) is 20.8 Å². The van der Waals surface area contributed by atoms with Gasteiger partial charge in [0, 0.05) is 12.1 Å². The van der Waals surface area contributed by atoms with E-state index in [0.717, 1.165) is 33.3 Å². The van der Waals surface area contributed by atoms with E-state index in [1.807, 2.05) is 0 Å². The standard InChI is InChI=1S/C29H29N3O3S/c1-5-35-29(34)22-10-12-23(13-11-22)30-27(33)17-36-28-16-24(21-8-6-18(2)7-9-21)31-25-14-19(3)20(4)15-26(25)32-28/h6-15H,5,16-17H2,1-4H3,(H,30,33). The summed E-state index contributed by atoms with van der Waals surface area (Å²) in [4.78, 5) is 34.4. The molecule has 7 heteroatoms. The molecule has 1 heterocycles. The highest BCUT2D eigenvalue weighted by molar-refractivity contribution is 8.14. The highest BCUT2D eigenvalue weighted by atomic mass is 32.2. The van der Waals surface area contributed by atoms with Gasteiger partial charge in [-0.25, -0.2) is 9.79 Å². The normalized spacial score (nSPS) is 12.7. The van der Waals surface area contributed by atoms with Crippen LogP contribution in [0.1, 0.15) is 46.0 Å². The number of anilines is 1. The summed E-state index contributed by atoms with van der Waals surface area (Å²) in [6.45, 7) is 8.28. The monoisotopic (exact) mass is 499 g/mol. The Morgan fingerprint density at radius 1 is 0.917 bits per heavy atom. The number of benzene rings is 3. The predicted molar refractivity (Wildman–Crippen MR) is 148 cm³/mol. The van der Waals surface area contributed by atoms with Crippen LogP contribution < -0.4 is 5.32 Å². The van der Waals surface area contributed by atoms with Crippen LogP contribution in [-0.2, 0) is 9.53 Å². The highest BCUT2D eigenvalue weighted by Gasteiger charge is 2.18. The third kappa shape index (κ3) is 6.29. The fraction of sp³-hybridized carbons (Fsp3) is 0.241. The first-order valence-corrected chi connectivity index (χ1v) is 12.8. The lowest BCUT2D eigenvalue weighted by Crippen LogP contribution is -2.16. The van der Waals surface area contributed by atoms with E-state index in [2.05, 4.69) is 62.5 Å². The molecule has 36 heavy (non-hydrogen) atoms. The van der Waals surface area contributed by atoms with Crippen LogP contribution in [0.2, 0.25) is 0 Å². The number of thioether (sulfide) groups is 1. The van der Waals surface area contributed by atoms with Crippen molar-refractivity contribution in [3.05, 3.63) is 88.5 Å². The average Bonchev–Trinajstić information content (AvgIpc) is 3.03. The zero-order valence-corrected chi connectivity index (χ0v) is 21.7. The number of amides is 1. The fourth-order valence-corrected chi connectivity index (χ4v) is 4.48. The number of fused-ring (bicyclic) bond motifs is 1. The van der Waals surface area contributed by atoms with E-state index in [1.54, 1.807) is 31.2 Å². The van der Waals surface area contributed by atoms with Crippen molar-refractivity contribution in [2.45, 2.75) is 34.1 Å². The first-order valence-electron chi connectivity index (χ1n) is 11.9. The van der Waals surface area contributed by atoms with Crippen molar-refractivity contribution in [2.75, 3.05) is 17.7 Å². The molecular weight excluding hydrogens is 470 g/mol. The third-order valence-corrected chi connectivity index (χ3v) is 6.82. The molecule has 0 spiro atoms. The summed E-state index contributed by atoms with van der Waals surface area (Å²) in [7, 11) is 0. The largest absolute Gasteiger partial charge is 0.462 e. The summed E-state index contributed by atoms with van der Waals surface area (Å²) < 4.78 is 5.00. The maximum absolute atomic E-state index is 12.7. The second-order valence-electron chi connectivity index (χ2n) is 8.67. The van der Waals surface area contributed by atoms with Gasteiger partial charge in [-0.3, -0.25) is 9.79 Å². The molecule has 1 aliphatic heterocycles. The number of esters is 1. The molecule has 0 bridgehead atoms. The number of nitrogens with zero attached hydrogens (tertiary/aromatic N) is 2. The minimum absolute atomic E-state index is 0.148. The second kappa shape index (κ2) is 11.4. The number of hydrogen-bond acceptors (Lipinski definition) is 6. The zero-order valence-electron chi connectivity index (χ0n) is 20.9. The Bertz CT molecular complexity index is 1340. The molecule has 0 aliphatic carbocycles. The molecule has 0 atom stereocenters. The van der Waals surface area contributed by atoms with Crippen molar-refractivity contribution >= 4 is 51.5 Å². The van der Waals surface area contributed by atoms with E-state index >= 15 is 0 Å². The van der Waals surface area contributed by atoms with Crippen LogP contribution in [0.5, 0.6) is 0 Å². The van der Waals surface area contributed by atoms with E-state index in [0.29, 0.717) is 24.3 Å². The Morgan fingerprint density at radius 2 is 1.56 bits per heavy atom. The third-order valence-electron chi connectivity index (χ3n) is 5.84. The van der Waals surface area contributed by atoms with Crippen LogP contribution >= 0.6 is 11.8 Å². The molecule has 3 aromatic carbocycles. The molecular formula is C29H29N3O3S. The van der Waals surface area contributed by atoms with Gasteiger partial charge in [0.25, 0.3) is 0 Å². The van der Waals surface area contributed by atoms with Gasteiger partial charge in [-0.15, -0.1) is 11.8 Å². The van der Waals surface area contributed by atoms with Crippen molar-refractivity contribution in [1.29, 1.82) is 0 Å². The number of ether oxygens (including phenoxy) is 1. The van der Waals surface area contributed by atoms with E-state index in [1.165, 1.54) is 22.9 Å². The van der Waals surface area contributed by atoms with Gasteiger partial charge < -0.3 is 10.1 Å². The summed E-state index contributed by atoms with van der Waals surface area (Å²) in [6, 6.07) is 19.1. The minimum Gasteiger partial charge on any atom is -0.462 e. The summed E-state index contributed by atoms with van der Waals surface area (Å²) >= 11 is 1.41. The molecule has 1 N–H and O–H groups in total. The summed E-state index contributed by atoms with van der Waals surface area (Å²) in [5.74, 6) is -0.321.